The van der Waals surface area contributed by atoms with E-state index in [4.69, 9.17) is 5.11 Å². The number of rotatable bonds is 3. The highest BCUT2D eigenvalue weighted by molar-refractivity contribution is 7.17. The molecule has 0 aliphatic carbocycles. The highest BCUT2D eigenvalue weighted by atomic mass is 32.1. The van der Waals surface area contributed by atoms with Crippen LogP contribution in [0.25, 0.3) is 0 Å². The number of carbonyl (C=O) groups is 1. The number of likely N-dealkylation sites (tertiary alicyclic amines) is 1. The molecule has 86 valence electrons. The lowest BCUT2D eigenvalue weighted by molar-refractivity contribution is -0.380. The van der Waals surface area contributed by atoms with Gasteiger partial charge in [0.15, 0.2) is 0 Å². The summed E-state index contributed by atoms with van der Waals surface area (Å²) in [5.74, 6) is -0.0401. The standard InChI is InChI=1S/C9H10N2O4S/c12-5-6-3-10(4-6)9(13)7-1-2-8(16-7)11(14)15/h1-2,6,12H,3-5H2. The summed E-state index contributed by atoms with van der Waals surface area (Å²) in [7, 11) is 0. The Bertz CT molecular complexity index is 425. The van der Waals surface area contributed by atoms with Crippen molar-refractivity contribution in [3.8, 4) is 0 Å². The third kappa shape index (κ3) is 1.91. The fourth-order valence-corrected chi connectivity index (χ4v) is 2.34. The molecule has 16 heavy (non-hydrogen) atoms. The van der Waals surface area contributed by atoms with E-state index in [0.717, 1.165) is 11.3 Å². The quantitative estimate of drug-likeness (QED) is 0.625. The van der Waals surface area contributed by atoms with E-state index in [1.807, 2.05) is 0 Å². The van der Waals surface area contributed by atoms with Crippen molar-refractivity contribution >= 4 is 22.2 Å². The van der Waals surface area contributed by atoms with Gasteiger partial charge in [0.2, 0.25) is 0 Å². The van der Waals surface area contributed by atoms with Crippen molar-refractivity contribution in [1.82, 2.24) is 4.90 Å². The molecule has 1 N–H and O–H groups in total. The smallest absolute Gasteiger partial charge is 0.324 e. The van der Waals surface area contributed by atoms with Crippen molar-refractivity contribution in [1.29, 1.82) is 0 Å². The van der Waals surface area contributed by atoms with Crippen molar-refractivity contribution in [3.63, 3.8) is 0 Å². The van der Waals surface area contributed by atoms with Crippen molar-refractivity contribution in [2.45, 2.75) is 0 Å². The van der Waals surface area contributed by atoms with Crippen molar-refractivity contribution in [3.05, 3.63) is 27.1 Å². The van der Waals surface area contributed by atoms with Gasteiger partial charge in [-0.3, -0.25) is 14.9 Å². The highest BCUT2D eigenvalue weighted by Gasteiger charge is 2.31. The lowest BCUT2D eigenvalue weighted by atomic mass is 10.0. The number of aliphatic hydroxyl groups excluding tert-OH is 1. The summed E-state index contributed by atoms with van der Waals surface area (Å²) in [6, 6.07) is 2.80. The van der Waals surface area contributed by atoms with Gasteiger partial charge in [-0.1, -0.05) is 11.3 Å². The van der Waals surface area contributed by atoms with Gasteiger partial charge in [-0.15, -0.1) is 0 Å². The van der Waals surface area contributed by atoms with Crippen LogP contribution in [0.5, 0.6) is 0 Å². The first-order valence-electron chi connectivity index (χ1n) is 4.76. The predicted molar refractivity (Wildman–Crippen MR) is 57.5 cm³/mol. The molecule has 7 heteroatoms. The lowest BCUT2D eigenvalue weighted by Gasteiger charge is -2.37. The third-order valence-electron chi connectivity index (χ3n) is 2.49. The van der Waals surface area contributed by atoms with Crippen molar-refractivity contribution in [2.75, 3.05) is 19.7 Å². The Morgan fingerprint density at radius 1 is 1.62 bits per heavy atom. The summed E-state index contributed by atoms with van der Waals surface area (Å²) >= 11 is 0.883. The first-order chi connectivity index (χ1) is 7.61. The molecule has 0 radical (unpaired) electrons. The van der Waals surface area contributed by atoms with Crippen LogP contribution in [-0.4, -0.2) is 40.5 Å². The fourth-order valence-electron chi connectivity index (χ4n) is 1.55. The normalized spacial score (nSPS) is 15.9. The Balaban J connectivity index is 2.02. The van der Waals surface area contributed by atoms with Crippen LogP contribution < -0.4 is 0 Å². The molecule has 1 aromatic rings. The van der Waals surface area contributed by atoms with Gasteiger partial charge in [-0.05, 0) is 6.07 Å². The minimum atomic E-state index is -0.506. The van der Waals surface area contributed by atoms with E-state index >= 15 is 0 Å². The second-order valence-corrected chi connectivity index (χ2v) is 4.72. The van der Waals surface area contributed by atoms with Gasteiger partial charge in [-0.2, -0.15) is 0 Å². The molecule has 1 saturated heterocycles. The summed E-state index contributed by atoms with van der Waals surface area (Å²) in [6.07, 6.45) is 0. The number of amides is 1. The highest BCUT2D eigenvalue weighted by Crippen LogP contribution is 2.27. The van der Waals surface area contributed by atoms with E-state index in [0.29, 0.717) is 18.0 Å². The number of nitro groups is 1. The predicted octanol–water partition coefficient (Wildman–Crippen LogP) is 0.721. The van der Waals surface area contributed by atoms with Crippen molar-refractivity contribution in [2.24, 2.45) is 5.92 Å². The Hall–Kier alpha value is -1.47. The van der Waals surface area contributed by atoms with Gasteiger partial charge in [0.05, 0.1) is 9.80 Å². The molecule has 0 spiro atoms. The zero-order valence-electron chi connectivity index (χ0n) is 8.33. The average Bonchev–Trinajstić information content (AvgIpc) is 2.64. The summed E-state index contributed by atoms with van der Waals surface area (Å²) in [5.41, 5.74) is 0. The van der Waals surface area contributed by atoms with Crippen LogP contribution in [0, 0.1) is 16.0 Å². The summed E-state index contributed by atoms with van der Waals surface area (Å²) in [5, 5.41) is 19.2. The van der Waals surface area contributed by atoms with Gasteiger partial charge in [-0.25, -0.2) is 0 Å². The van der Waals surface area contributed by atoms with Crippen LogP contribution in [0.4, 0.5) is 5.00 Å². The second kappa shape index (κ2) is 4.18. The number of carbonyl (C=O) groups excluding carboxylic acids is 1. The minimum Gasteiger partial charge on any atom is -0.396 e. The summed E-state index contributed by atoms with van der Waals surface area (Å²) in [4.78, 5) is 23.7. The second-order valence-electron chi connectivity index (χ2n) is 3.65. The maximum absolute atomic E-state index is 11.8. The summed E-state index contributed by atoms with van der Waals surface area (Å²) < 4.78 is 0. The molecule has 1 aliphatic rings. The molecule has 2 rings (SSSR count). The van der Waals surface area contributed by atoms with Gasteiger partial charge in [0.25, 0.3) is 5.91 Å². The van der Waals surface area contributed by atoms with Gasteiger partial charge in [0.1, 0.15) is 0 Å². The molecule has 0 atom stereocenters. The molecule has 1 fully saturated rings. The number of aliphatic hydroxyl groups is 1. The molecular formula is C9H10N2O4S. The van der Waals surface area contributed by atoms with Crippen molar-refractivity contribution < 1.29 is 14.8 Å². The molecule has 1 aromatic heterocycles. The summed E-state index contributed by atoms with van der Waals surface area (Å²) in [6.45, 7) is 1.14. The molecule has 1 amide bonds. The SMILES string of the molecule is O=C(c1ccc([N+](=O)[O-])s1)N1CC(CO)C1. The number of hydrogen-bond acceptors (Lipinski definition) is 5. The molecule has 0 saturated carbocycles. The Morgan fingerprint density at radius 3 is 2.81 bits per heavy atom. The minimum absolute atomic E-state index is 0.0254. The molecule has 0 bridgehead atoms. The van der Waals surface area contributed by atoms with E-state index in [1.54, 1.807) is 4.90 Å². The van der Waals surface area contributed by atoms with Crippen LogP contribution in [-0.2, 0) is 0 Å². The monoisotopic (exact) mass is 242 g/mol. The largest absolute Gasteiger partial charge is 0.396 e. The van der Waals surface area contributed by atoms with Gasteiger partial charge < -0.3 is 10.0 Å². The van der Waals surface area contributed by atoms with Crippen LogP contribution in [0.2, 0.25) is 0 Å². The Morgan fingerprint density at radius 2 is 2.31 bits per heavy atom. The van der Waals surface area contributed by atoms with E-state index in [-0.39, 0.29) is 23.4 Å². The molecule has 1 aliphatic heterocycles. The molecular weight excluding hydrogens is 232 g/mol. The lowest BCUT2D eigenvalue weighted by Crippen LogP contribution is -2.51. The molecule has 6 nitrogen and oxygen atoms in total. The van der Waals surface area contributed by atoms with E-state index < -0.39 is 4.92 Å². The first kappa shape index (κ1) is 11.0. The van der Waals surface area contributed by atoms with Crippen LogP contribution in [0.15, 0.2) is 12.1 Å². The van der Waals surface area contributed by atoms with Crippen LogP contribution in [0.3, 0.4) is 0 Å². The maximum atomic E-state index is 11.8. The third-order valence-corrected chi connectivity index (χ3v) is 3.51. The maximum Gasteiger partial charge on any atom is 0.324 e. The zero-order chi connectivity index (χ0) is 11.7. The van der Waals surface area contributed by atoms with E-state index in [2.05, 4.69) is 0 Å². The first-order valence-corrected chi connectivity index (χ1v) is 5.58. The number of thiophene rings is 1. The average molecular weight is 242 g/mol. The van der Waals surface area contributed by atoms with Crippen LogP contribution >= 0.6 is 11.3 Å². The van der Waals surface area contributed by atoms with E-state index in [9.17, 15) is 14.9 Å². The molecule has 0 unspecified atom stereocenters. The van der Waals surface area contributed by atoms with Crippen LogP contribution in [0.1, 0.15) is 9.67 Å². The topological polar surface area (TPSA) is 83.7 Å². The zero-order valence-corrected chi connectivity index (χ0v) is 9.14. The molecule has 0 aromatic carbocycles. The number of hydrogen-bond donors (Lipinski definition) is 1. The number of nitrogens with zero attached hydrogens (tertiary/aromatic N) is 2. The molecule has 2 heterocycles. The Kier molecular flexibility index (Phi) is 2.88. The van der Waals surface area contributed by atoms with Gasteiger partial charge in [0, 0.05) is 31.7 Å². The van der Waals surface area contributed by atoms with Gasteiger partial charge >= 0.3 is 5.00 Å². The fraction of sp³-hybridized carbons (Fsp3) is 0.444. The Labute approximate surface area is 95.3 Å². The van der Waals surface area contributed by atoms with E-state index in [1.165, 1.54) is 12.1 Å².